The second-order valence-electron chi connectivity index (χ2n) is 7.87. The van der Waals surface area contributed by atoms with E-state index < -0.39 is 5.56 Å². The summed E-state index contributed by atoms with van der Waals surface area (Å²) < 4.78 is 27.7. The Morgan fingerprint density at radius 2 is 1.65 bits per heavy atom. The second kappa shape index (κ2) is 13.7. The van der Waals surface area contributed by atoms with Crippen molar-refractivity contribution < 1.29 is 28.8 Å². The predicted molar refractivity (Wildman–Crippen MR) is 142 cm³/mol. The highest BCUT2D eigenvalue weighted by Crippen LogP contribution is 2.44. The molecule has 2 aromatic carbocycles. The van der Waals surface area contributed by atoms with E-state index in [0.717, 1.165) is 5.56 Å². The molecule has 198 valence electrons. The van der Waals surface area contributed by atoms with E-state index in [1.54, 1.807) is 37.4 Å². The van der Waals surface area contributed by atoms with Crippen molar-refractivity contribution in [3.63, 3.8) is 0 Å². The van der Waals surface area contributed by atoms with Crippen molar-refractivity contribution in [2.45, 2.75) is 13.0 Å². The van der Waals surface area contributed by atoms with Gasteiger partial charge in [-0.3, -0.25) is 9.79 Å². The number of aliphatic imine (C=N–C) groups is 1. The van der Waals surface area contributed by atoms with Gasteiger partial charge in [0.1, 0.15) is 22.8 Å². The average molecular weight is 531 g/mol. The minimum absolute atomic E-state index is 0.000991. The zero-order chi connectivity index (χ0) is 26.8. The molecule has 1 aromatic heterocycles. The molecule has 9 nitrogen and oxygen atoms in total. The fourth-order valence-corrected chi connectivity index (χ4v) is 3.92. The number of aromatic amines is 1. The van der Waals surface area contributed by atoms with Crippen molar-refractivity contribution >= 4 is 17.5 Å². The number of benzene rings is 2. The van der Waals surface area contributed by atoms with Gasteiger partial charge in [0, 0.05) is 25.6 Å². The molecule has 0 saturated carbocycles. The zero-order valence-electron chi connectivity index (χ0n) is 21.3. The van der Waals surface area contributed by atoms with Gasteiger partial charge < -0.3 is 33.8 Å². The number of nitrogens with zero attached hydrogens (tertiary/aromatic N) is 1. The van der Waals surface area contributed by atoms with Crippen LogP contribution in [0.2, 0.25) is 5.02 Å². The normalized spacial score (nSPS) is 11.4. The third-order valence-corrected chi connectivity index (χ3v) is 5.83. The first-order valence-electron chi connectivity index (χ1n) is 11.6. The van der Waals surface area contributed by atoms with Crippen LogP contribution < -0.4 is 15.0 Å². The first-order valence-corrected chi connectivity index (χ1v) is 11.9. The summed E-state index contributed by atoms with van der Waals surface area (Å²) in [5, 5.41) is 12.1. The van der Waals surface area contributed by atoms with Crippen LogP contribution in [-0.2, 0) is 27.2 Å². The Balaban J connectivity index is 2.05. The van der Waals surface area contributed by atoms with E-state index in [2.05, 4.69) is 9.98 Å². The van der Waals surface area contributed by atoms with Gasteiger partial charge in [-0.15, -0.1) is 0 Å². The molecule has 0 spiro atoms. The SMILES string of the molecule is CN=C(OCCc1ccc(Cl)cc1)c1c(O)c(-c2c(OC)cccc2OC)c(COCCOC)[nH]c1=O. The van der Waals surface area contributed by atoms with Crippen molar-refractivity contribution in [3.8, 4) is 28.4 Å². The van der Waals surface area contributed by atoms with Gasteiger partial charge >= 0.3 is 0 Å². The average Bonchev–Trinajstić information content (AvgIpc) is 2.90. The molecule has 0 aliphatic carbocycles. The molecule has 0 bridgehead atoms. The van der Waals surface area contributed by atoms with Crippen LogP contribution in [0.4, 0.5) is 0 Å². The topological polar surface area (TPSA) is 112 Å². The summed E-state index contributed by atoms with van der Waals surface area (Å²) in [5.74, 6) is 0.535. The molecular formula is C27H31ClN2O7. The molecule has 0 saturated heterocycles. The molecule has 3 aromatic rings. The smallest absolute Gasteiger partial charge is 0.264 e. The first kappa shape index (κ1) is 28.0. The van der Waals surface area contributed by atoms with E-state index in [9.17, 15) is 9.90 Å². The van der Waals surface area contributed by atoms with Crippen molar-refractivity contribution in [1.82, 2.24) is 4.98 Å². The Labute approximate surface area is 220 Å². The fourth-order valence-electron chi connectivity index (χ4n) is 3.79. The molecule has 0 amide bonds. The number of rotatable bonds is 12. The van der Waals surface area contributed by atoms with E-state index in [0.29, 0.717) is 47.4 Å². The molecule has 0 unspecified atom stereocenters. The lowest BCUT2D eigenvalue weighted by Gasteiger charge is -2.19. The summed E-state index contributed by atoms with van der Waals surface area (Å²) in [6.07, 6.45) is 0.549. The summed E-state index contributed by atoms with van der Waals surface area (Å²) in [4.78, 5) is 20.1. The van der Waals surface area contributed by atoms with Gasteiger partial charge in [-0.2, -0.15) is 0 Å². The number of methoxy groups -OCH3 is 3. The van der Waals surface area contributed by atoms with Crippen LogP contribution in [-0.4, -0.2) is 64.2 Å². The zero-order valence-corrected chi connectivity index (χ0v) is 22.1. The predicted octanol–water partition coefficient (Wildman–Crippen LogP) is 4.22. The summed E-state index contributed by atoms with van der Waals surface area (Å²) >= 11 is 5.95. The lowest BCUT2D eigenvalue weighted by Crippen LogP contribution is -2.24. The second-order valence-corrected chi connectivity index (χ2v) is 8.30. The Bertz CT molecular complexity index is 1250. The Hall–Kier alpha value is -3.53. The van der Waals surface area contributed by atoms with Gasteiger partial charge in [0.15, 0.2) is 0 Å². The quantitative estimate of drug-likeness (QED) is 0.205. The summed E-state index contributed by atoms with van der Waals surface area (Å²) in [6.45, 7) is 0.885. The number of aromatic hydroxyl groups is 1. The molecule has 10 heteroatoms. The number of halogens is 1. The van der Waals surface area contributed by atoms with Gasteiger partial charge in [-0.05, 0) is 29.8 Å². The van der Waals surface area contributed by atoms with Gasteiger partial charge in [-0.1, -0.05) is 29.8 Å². The maximum atomic E-state index is 13.2. The molecule has 1 heterocycles. The van der Waals surface area contributed by atoms with Crippen molar-refractivity contribution in [2.75, 3.05) is 48.2 Å². The lowest BCUT2D eigenvalue weighted by atomic mass is 9.98. The number of nitrogens with one attached hydrogen (secondary N) is 1. The highest BCUT2D eigenvalue weighted by Gasteiger charge is 2.27. The van der Waals surface area contributed by atoms with Gasteiger partial charge in [-0.25, -0.2) is 0 Å². The number of hydrogen-bond acceptors (Lipinski definition) is 8. The van der Waals surface area contributed by atoms with E-state index in [4.69, 9.17) is 35.3 Å². The largest absolute Gasteiger partial charge is 0.506 e. The van der Waals surface area contributed by atoms with Crippen LogP contribution in [0, 0.1) is 0 Å². The molecule has 0 aliphatic heterocycles. The highest BCUT2D eigenvalue weighted by molar-refractivity contribution is 6.30. The number of ether oxygens (including phenoxy) is 5. The molecule has 2 N–H and O–H groups in total. The Morgan fingerprint density at radius 3 is 2.24 bits per heavy atom. The van der Waals surface area contributed by atoms with Crippen LogP contribution in [0.15, 0.2) is 52.3 Å². The van der Waals surface area contributed by atoms with E-state index in [1.165, 1.54) is 21.3 Å². The summed E-state index contributed by atoms with van der Waals surface area (Å²) in [5.41, 5.74) is 1.38. The van der Waals surface area contributed by atoms with Gasteiger partial charge in [0.25, 0.3) is 5.56 Å². The van der Waals surface area contributed by atoms with Crippen molar-refractivity contribution in [2.24, 2.45) is 4.99 Å². The molecule has 3 rings (SSSR count). The van der Waals surface area contributed by atoms with Crippen LogP contribution in [0.25, 0.3) is 11.1 Å². The maximum Gasteiger partial charge on any atom is 0.264 e. The van der Waals surface area contributed by atoms with Crippen LogP contribution in [0.5, 0.6) is 17.2 Å². The van der Waals surface area contributed by atoms with Crippen LogP contribution >= 0.6 is 11.6 Å². The fraction of sp³-hybridized carbons (Fsp3) is 0.333. The van der Waals surface area contributed by atoms with Crippen molar-refractivity contribution in [3.05, 3.63) is 74.7 Å². The number of H-pyrrole nitrogens is 1. The van der Waals surface area contributed by atoms with Crippen LogP contribution in [0.3, 0.4) is 0 Å². The van der Waals surface area contributed by atoms with E-state index >= 15 is 0 Å². The number of hydrogen-bond donors (Lipinski definition) is 2. The Kier molecular flexibility index (Phi) is 10.4. The van der Waals surface area contributed by atoms with Gasteiger partial charge in [0.2, 0.25) is 5.90 Å². The maximum absolute atomic E-state index is 13.2. The summed E-state index contributed by atoms with van der Waals surface area (Å²) in [7, 11) is 6.07. The van der Waals surface area contributed by atoms with Crippen molar-refractivity contribution in [1.29, 1.82) is 0 Å². The molecule has 37 heavy (non-hydrogen) atoms. The third-order valence-electron chi connectivity index (χ3n) is 5.58. The highest BCUT2D eigenvalue weighted by atomic mass is 35.5. The molecular weight excluding hydrogens is 500 g/mol. The molecule has 0 fully saturated rings. The molecule has 0 atom stereocenters. The number of aromatic nitrogens is 1. The van der Waals surface area contributed by atoms with Gasteiger partial charge in [0.05, 0.1) is 57.5 Å². The molecule has 0 radical (unpaired) electrons. The first-order chi connectivity index (χ1) is 17.9. The molecule has 0 aliphatic rings. The monoisotopic (exact) mass is 530 g/mol. The van der Waals surface area contributed by atoms with Crippen LogP contribution in [0.1, 0.15) is 16.8 Å². The Morgan fingerprint density at radius 1 is 0.973 bits per heavy atom. The van der Waals surface area contributed by atoms with E-state index in [-0.39, 0.29) is 36.0 Å². The van der Waals surface area contributed by atoms with E-state index in [1.807, 2.05) is 12.1 Å². The standard InChI is InChI=1S/C27H31ClN2O7/c1-29-27(37-13-12-17-8-10-18(28)11-9-17)24-25(31)22(19(30-26(24)32)16-36-15-14-33-2)23-20(34-3)6-5-7-21(23)35-4/h5-11H,12-16H2,1-4H3,(H2,30,31,32). The lowest BCUT2D eigenvalue weighted by molar-refractivity contribution is 0.0602. The minimum Gasteiger partial charge on any atom is -0.506 e. The third kappa shape index (κ3) is 6.82. The minimum atomic E-state index is -0.576. The number of pyridine rings is 1. The summed E-state index contributed by atoms with van der Waals surface area (Å²) in [6, 6.07) is 12.6.